The van der Waals surface area contributed by atoms with Crippen molar-refractivity contribution in [3.8, 4) is 0 Å². The summed E-state index contributed by atoms with van der Waals surface area (Å²) in [6.07, 6.45) is 1.80. The van der Waals surface area contributed by atoms with E-state index in [2.05, 4.69) is 21.3 Å². The molecule has 4 rings (SSSR count). The van der Waals surface area contributed by atoms with Gasteiger partial charge in [-0.2, -0.15) is 0 Å². The SMILES string of the molecule is O=C(NCC1CCN(c2nc3ccccc3s2)CC1)c1c(F)cccc1F. The van der Waals surface area contributed by atoms with E-state index in [1.807, 2.05) is 18.2 Å². The van der Waals surface area contributed by atoms with Gasteiger partial charge in [0.25, 0.3) is 5.91 Å². The van der Waals surface area contributed by atoms with Gasteiger partial charge in [-0.25, -0.2) is 13.8 Å². The van der Waals surface area contributed by atoms with Gasteiger partial charge >= 0.3 is 0 Å². The van der Waals surface area contributed by atoms with E-state index in [9.17, 15) is 13.6 Å². The molecule has 0 atom stereocenters. The Morgan fingerprint density at radius 2 is 1.81 bits per heavy atom. The summed E-state index contributed by atoms with van der Waals surface area (Å²) in [4.78, 5) is 19.1. The Balaban J connectivity index is 1.32. The minimum atomic E-state index is -0.835. The molecule has 0 unspecified atom stereocenters. The van der Waals surface area contributed by atoms with Crippen molar-refractivity contribution in [2.75, 3.05) is 24.5 Å². The Labute approximate surface area is 159 Å². The van der Waals surface area contributed by atoms with Gasteiger partial charge in [0.05, 0.1) is 10.2 Å². The number of carbonyl (C=O) groups is 1. The quantitative estimate of drug-likeness (QED) is 0.729. The maximum atomic E-state index is 13.7. The third-order valence-corrected chi connectivity index (χ3v) is 6.01. The van der Waals surface area contributed by atoms with Crippen LogP contribution >= 0.6 is 11.3 Å². The number of thiazole rings is 1. The van der Waals surface area contributed by atoms with Crippen molar-refractivity contribution in [3.05, 3.63) is 59.7 Å². The van der Waals surface area contributed by atoms with Crippen molar-refractivity contribution in [3.63, 3.8) is 0 Å². The van der Waals surface area contributed by atoms with Crippen LogP contribution in [0.1, 0.15) is 23.2 Å². The number of benzene rings is 2. The third kappa shape index (κ3) is 3.78. The van der Waals surface area contributed by atoms with Crippen molar-refractivity contribution in [2.24, 2.45) is 5.92 Å². The largest absolute Gasteiger partial charge is 0.352 e. The number of rotatable bonds is 4. The van der Waals surface area contributed by atoms with Gasteiger partial charge in [0.2, 0.25) is 0 Å². The predicted octanol–water partition coefficient (Wildman–Crippen LogP) is 4.22. The average molecular weight is 387 g/mol. The van der Waals surface area contributed by atoms with Gasteiger partial charge in [0.1, 0.15) is 17.2 Å². The molecule has 1 aliphatic heterocycles. The highest BCUT2D eigenvalue weighted by atomic mass is 32.1. The van der Waals surface area contributed by atoms with Crippen LogP contribution in [0.25, 0.3) is 10.2 Å². The van der Waals surface area contributed by atoms with Crippen LogP contribution in [0.15, 0.2) is 42.5 Å². The standard InChI is InChI=1S/C20H19F2N3OS/c21-14-4-3-5-15(22)18(14)19(26)23-12-13-8-10-25(11-9-13)20-24-16-6-1-2-7-17(16)27-20/h1-7,13H,8-12H2,(H,23,26). The van der Waals surface area contributed by atoms with Gasteiger partial charge in [-0.05, 0) is 43.0 Å². The molecule has 3 aromatic rings. The van der Waals surface area contributed by atoms with Crippen LogP contribution in [0, 0.1) is 17.6 Å². The third-order valence-electron chi connectivity index (χ3n) is 4.91. The summed E-state index contributed by atoms with van der Waals surface area (Å²) in [7, 11) is 0. The number of para-hydroxylation sites is 1. The lowest BCUT2D eigenvalue weighted by atomic mass is 9.97. The predicted molar refractivity (Wildman–Crippen MR) is 103 cm³/mol. The lowest BCUT2D eigenvalue weighted by molar-refractivity contribution is 0.0936. The van der Waals surface area contributed by atoms with E-state index >= 15 is 0 Å². The molecular formula is C20H19F2N3OS. The second kappa shape index (κ2) is 7.60. The molecule has 1 amide bonds. The van der Waals surface area contributed by atoms with E-state index in [1.54, 1.807) is 11.3 Å². The van der Waals surface area contributed by atoms with E-state index in [-0.39, 0.29) is 5.92 Å². The zero-order valence-corrected chi connectivity index (χ0v) is 15.4. The highest BCUT2D eigenvalue weighted by Gasteiger charge is 2.23. The lowest BCUT2D eigenvalue weighted by Crippen LogP contribution is -2.39. The number of hydrogen-bond acceptors (Lipinski definition) is 4. The van der Waals surface area contributed by atoms with Crippen molar-refractivity contribution in [2.45, 2.75) is 12.8 Å². The number of amides is 1. The zero-order chi connectivity index (χ0) is 18.8. The normalized spacial score (nSPS) is 15.3. The molecular weight excluding hydrogens is 368 g/mol. The highest BCUT2D eigenvalue weighted by Crippen LogP contribution is 2.31. The van der Waals surface area contributed by atoms with Crippen molar-refractivity contribution >= 4 is 32.6 Å². The van der Waals surface area contributed by atoms with Gasteiger partial charge in [0.15, 0.2) is 5.13 Å². The molecule has 27 heavy (non-hydrogen) atoms. The topological polar surface area (TPSA) is 45.2 Å². The number of hydrogen-bond donors (Lipinski definition) is 1. The number of nitrogens with one attached hydrogen (secondary N) is 1. The highest BCUT2D eigenvalue weighted by molar-refractivity contribution is 7.22. The van der Waals surface area contributed by atoms with Crippen LogP contribution in [0.3, 0.4) is 0 Å². The Hall–Kier alpha value is -2.54. The van der Waals surface area contributed by atoms with Crippen LogP contribution in [-0.2, 0) is 0 Å². The molecule has 2 heterocycles. The second-order valence-corrected chi connectivity index (χ2v) is 7.71. The first-order chi connectivity index (χ1) is 13.1. The maximum Gasteiger partial charge on any atom is 0.257 e. The Morgan fingerprint density at radius 3 is 2.52 bits per heavy atom. The van der Waals surface area contributed by atoms with E-state index in [0.29, 0.717) is 6.54 Å². The molecule has 1 N–H and O–H groups in total. The number of piperidine rings is 1. The number of halogens is 2. The van der Waals surface area contributed by atoms with Crippen molar-refractivity contribution in [1.29, 1.82) is 0 Å². The number of carbonyl (C=O) groups excluding carboxylic acids is 1. The minimum Gasteiger partial charge on any atom is -0.352 e. The second-order valence-electron chi connectivity index (χ2n) is 6.70. The van der Waals surface area contributed by atoms with Gasteiger partial charge < -0.3 is 10.2 Å². The summed E-state index contributed by atoms with van der Waals surface area (Å²) >= 11 is 1.69. The summed E-state index contributed by atoms with van der Waals surface area (Å²) in [5.74, 6) is -2.08. The molecule has 1 aliphatic rings. The molecule has 7 heteroatoms. The number of anilines is 1. The van der Waals surface area contributed by atoms with E-state index in [0.717, 1.165) is 48.7 Å². The molecule has 0 bridgehead atoms. The van der Waals surface area contributed by atoms with Crippen LogP contribution < -0.4 is 10.2 Å². The lowest BCUT2D eigenvalue weighted by Gasteiger charge is -2.31. The molecule has 2 aromatic carbocycles. The molecule has 0 spiro atoms. The average Bonchev–Trinajstić information content (AvgIpc) is 3.11. The monoisotopic (exact) mass is 387 g/mol. The Kier molecular flexibility index (Phi) is 5.03. The molecule has 4 nitrogen and oxygen atoms in total. The fraction of sp³-hybridized carbons (Fsp3) is 0.300. The smallest absolute Gasteiger partial charge is 0.257 e. The first kappa shape index (κ1) is 17.9. The zero-order valence-electron chi connectivity index (χ0n) is 14.6. The minimum absolute atomic E-state index is 0.286. The number of aromatic nitrogens is 1. The summed E-state index contributed by atoms with van der Waals surface area (Å²) in [5.41, 5.74) is 0.503. The van der Waals surface area contributed by atoms with Crippen LogP contribution in [-0.4, -0.2) is 30.5 Å². The van der Waals surface area contributed by atoms with Gasteiger partial charge in [0, 0.05) is 19.6 Å². The van der Waals surface area contributed by atoms with E-state index < -0.39 is 23.1 Å². The van der Waals surface area contributed by atoms with Gasteiger partial charge in [-0.1, -0.05) is 29.5 Å². The van der Waals surface area contributed by atoms with Crippen molar-refractivity contribution in [1.82, 2.24) is 10.3 Å². The molecule has 0 radical (unpaired) electrons. The number of nitrogens with zero attached hydrogens (tertiary/aromatic N) is 2. The molecule has 1 fully saturated rings. The van der Waals surface area contributed by atoms with E-state index in [1.165, 1.54) is 10.8 Å². The molecule has 0 saturated carbocycles. The van der Waals surface area contributed by atoms with Gasteiger partial charge in [-0.3, -0.25) is 4.79 Å². The summed E-state index contributed by atoms with van der Waals surface area (Å²) in [5, 5.41) is 3.70. The Morgan fingerprint density at radius 1 is 1.11 bits per heavy atom. The molecule has 140 valence electrons. The summed E-state index contributed by atoms with van der Waals surface area (Å²) in [6, 6.07) is 11.5. The van der Waals surface area contributed by atoms with Crippen molar-refractivity contribution < 1.29 is 13.6 Å². The first-order valence-electron chi connectivity index (χ1n) is 8.94. The molecule has 1 saturated heterocycles. The fourth-order valence-corrected chi connectivity index (χ4v) is 4.38. The van der Waals surface area contributed by atoms with Crippen LogP contribution in [0.5, 0.6) is 0 Å². The number of fused-ring (bicyclic) bond motifs is 1. The Bertz CT molecular complexity index is 914. The van der Waals surface area contributed by atoms with Crippen LogP contribution in [0.2, 0.25) is 0 Å². The van der Waals surface area contributed by atoms with Crippen LogP contribution in [0.4, 0.5) is 13.9 Å². The van der Waals surface area contributed by atoms with Gasteiger partial charge in [-0.15, -0.1) is 0 Å². The van der Waals surface area contributed by atoms with E-state index in [4.69, 9.17) is 0 Å². The summed E-state index contributed by atoms with van der Waals surface area (Å²) < 4.78 is 28.5. The summed E-state index contributed by atoms with van der Waals surface area (Å²) in [6.45, 7) is 2.13. The fourth-order valence-electron chi connectivity index (χ4n) is 3.36. The molecule has 1 aromatic heterocycles. The first-order valence-corrected chi connectivity index (χ1v) is 9.76. The molecule has 0 aliphatic carbocycles. The maximum absolute atomic E-state index is 13.7.